The van der Waals surface area contributed by atoms with Gasteiger partial charge in [-0.05, 0) is 35.9 Å². The first-order valence-electron chi connectivity index (χ1n) is 10.2. The minimum atomic E-state index is -1.02. The highest BCUT2D eigenvalue weighted by Crippen LogP contribution is 2.44. The van der Waals surface area contributed by atoms with Crippen LogP contribution in [-0.2, 0) is 10.2 Å². The maximum absolute atomic E-state index is 13.3. The molecular weight excluding hydrogens is 410 g/mol. The molecule has 8 nitrogen and oxygen atoms in total. The van der Waals surface area contributed by atoms with Crippen LogP contribution in [0.4, 0.5) is 0 Å². The molecule has 0 saturated carbocycles. The van der Waals surface area contributed by atoms with E-state index in [9.17, 15) is 20.0 Å². The van der Waals surface area contributed by atoms with Crippen LogP contribution in [0, 0.1) is 11.3 Å². The summed E-state index contributed by atoms with van der Waals surface area (Å²) in [5.41, 5.74) is 3.43. The van der Waals surface area contributed by atoms with E-state index in [0.717, 1.165) is 22.2 Å². The second-order valence-corrected chi connectivity index (χ2v) is 8.34. The van der Waals surface area contributed by atoms with E-state index in [-0.39, 0.29) is 18.9 Å². The van der Waals surface area contributed by atoms with E-state index >= 15 is 0 Å². The van der Waals surface area contributed by atoms with Gasteiger partial charge >= 0.3 is 0 Å². The Bertz CT molecular complexity index is 1270. The summed E-state index contributed by atoms with van der Waals surface area (Å²) in [4.78, 5) is 28.6. The average Bonchev–Trinajstić information content (AvgIpc) is 3.19. The predicted molar refractivity (Wildman–Crippen MR) is 117 cm³/mol. The molecule has 0 bridgehead atoms. The Labute approximate surface area is 184 Å². The van der Waals surface area contributed by atoms with Gasteiger partial charge < -0.3 is 25.3 Å². The third kappa shape index (κ3) is 3.62. The third-order valence-corrected chi connectivity index (χ3v) is 5.80. The lowest BCUT2D eigenvalue weighted by atomic mass is 9.71. The van der Waals surface area contributed by atoms with Gasteiger partial charge in [0.25, 0.3) is 5.91 Å². The Morgan fingerprint density at radius 2 is 2.06 bits per heavy atom. The summed E-state index contributed by atoms with van der Waals surface area (Å²) in [7, 11) is 0. The van der Waals surface area contributed by atoms with Crippen molar-refractivity contribution in [1.82, 2.24) is 10.3 Å². The van der Waals surface area contributed by atoms with Crippen molar-refractivity contribution >= 4 is 22.6 Å². The molecular formula is C24H23N3O5. The van der Waals surface area contributed by atoms with E-state index in [4.69, 9.17) is 9.84 Å². The number of carbonyl (C=O) groups is 2. The van der Waals surface area contributed by atoms with Crippen molar-refractivity contribution in [3.8, 4) is 11.8 Å². The molecule has 1 atom stereocenters. The van der Waals surface area contributed by atoms with Crippen LogP contribution in [0.25, 0.3) is 10.9 Å². The van der Waals surface area contributed by atoms with Crippen LogP contribution in [-0.4, -0.2) is 52.7 Å². The van der Waals surface area contributed by atoms with E-state index in [1.165, 1.54) is 0 Å². The number of nitriles is 1. The lowest BCUT2D eigenvalue weighted by Gasteiger charge is -2.32. The number of ether oxygens (including phenoxy) is 1. The number of aliphatic hydroxyl groups is 2. The van der Waals surface area contributed by atoms with Crippen LogP contribution in [0.5, 0.6) is 5.75 Å². The number of carbonyl (C=O) groups excluding carboxylic acids is 2. The number of ketones is 1. The largest absolute Gasteiger partial charge is 0.484 e. The molecule has 3 aromatic rings. The number of aliphatic hydroxyl groups excluding tert-OH is 2. The molecule has 0 aliphatic heterocycles. The number of hydrogen-bond donors (Lipinski definition) is 4. The number of nitrogens with zero attached hydrogens (tertiary/aromatic N) is 1. The Kier molecular flexibility index (Phi) is 5.46. The molecule has 0 fully saturated rings. The zero-order chi connectivity index (χ0) is 23.0. The maximum Gasteiger partial charge on any atom is 0.258 e. The van der Waals surface area contributed by atoms with Crippen molar-refractivity contribution in [2.45, 2.75) is 25.4 Å². The highest BCUT2D eigenvalue weighted by molar-refractivity contribution is 6.20. The van der Waals surface area contributed by atoms with Crippen molar-refractivity contribution in [3.05, 3.63) is 64.3 Å². The molecule has 1 aliphatic rings. The summed E-state index contributed by atoms with van der Waals surface area (Å²) in [5.74, 6) is -0.0989. The van der Waals surface area contributed by atoms with Gasteiger partial charge in [-0.2, -0.15) is 5.26 Å². The lowest BCUT2D eigenvalue weighted by Crippen LogP contribution is -2.36. The van der Waals surface area contributed by atoms with E-state index in [0.29, 0.717) is 22.4 Å². The molecule has 8 heteroatoms. The Hall–Kier alpha value is -3.67. The van der Waals surface area contributed by atoms with Gasteiger partial charge in [-0.15, -0.1) is 0 Å². The number of benzene rings is 2. The first-order chi connectivity index (χ1) is 15.3. The molecule has 1 aliphatic carbocycles. The first-order valence-corrected chi connectivity index (χ1v) is 10.2. The van der Waals surface area contributed by atoms with Crippen molar-refractivity contribution in [2.24, 2.45) is 0 Å². The number of fused-ring (bicyclic) bond motifs is 4. The van der Waals surface area contributed by atoms with Crippen molar-refractivity contribution in [2.75, 3.05) is 19.8 Å². The van der Waals surface area contributed by atoms with Gasteiger partial charge in [-0.3, -0.25) is 9.59 Å². The van der Waals surface area contributed by atoms with Crippen molar-refractivity contribution < 1.29 is 24.5 Å². The highest BCUT2D eigenvalue weighted by atomic mass is 16.5. The summed E-state index contributed by atoms with van der Waals surface area (Å²) in [6.45, 7) is 3.23. The molecule has 32 heavy (non-hydrogen) atoms. The molecule has 1 amide bonds. The summed E-state index contributed by atoms with van der Waals surface area (Å²) >= 11 is 0. The molecule has 0 saturated heterocycles. The van der Waals surface area contributed by atoms with E-state index in [1.807, 2.05) is 13.8 Å². The third-order valence-electron chi connectivity index (χ3n) is 5.80. The minimum Gasteiger partial charge on any atom is -0.484 e. The van der Waals surface area contributed by atoms with Gasteiger partial charge in [0.15, 0.2) is 12.4 Å². The topological polar surface area (TPSA) is 135 Å². The van der Waals surface area contributed by atoms with Crippen LogP contribution in [0.15, 0.2) is 36.4 Å². The second kappa shape index (κ2) is 8.11. The second-order valence-electron chi connectivity index (χ2n) is 8.34. The lowest BCUT2D eigenvalue weighted by molar-refractivity contribution is -0.123. The number of hydrogen-bond acceptors (Lipinski definition) is 6. The number of aromatic amines is 1. The normalized spacial score (nSPS) is 14.9. The molecule has 1 heterocycles. The van der Waals surface area contributed by atoms with E-state index in [2.05, 4.69) is 16.4 Å². The summed E-state index contributed by atoms with van der Waals surface area (Å²) in [6.07, 6.45) is -1.02. The van der Waals surface area contributed by atoms with Gasteiger partial charge in [0.1, 0.15) is 5.75 Å². The number of aromatic nitrogens is 1. The fourth-order valence-corrected chi connectivity index (χ4v) is 4.07. The number of H-pyrrole nitrogens is 1. The van der Waals surface area contributed by atoms with Crippen LogP contribution in [0.1, 0.15) is 46.6 Å². The van der Waals surface area contributed by atoms with E-state index in [1.54, 1.807) is 36.4 Å². The summed E-state index contributed by atoms with van der Waals surface area (Å²) in [5, 5.41) is 30.6. The summed E-state index contributed by atoms with van der Waals surface area (Å²) < 4.78 is 5.59. The molecule has 2 aromatic carbocycles. The van der Waals surface area contributed by atoms with Crippen LogP contribution >= 0.6 is 0 Å². The monoisotopic (exact) mass is 433 g/mol. The number of amides is 1. The highest BCUT2D eigenvalue weighted by Gasteiger charge is 2.39. The Morgan fingerprint density at radius 3 is 2.78 bits per heavy atom. The molecule has 0 spiro atoms. The van der Waals surface area contributed by atoms with Crippen molar-refractivity contribution in [1.29, 1.82) is 5.26 Å². The first kappa shape index (κ1) is 21.6. The zero-order valence-electron chi connectivity index (χ0n) is 17.7. The van der Waals surface area contributed by atoms with Crippen LogP contribution in [0.3, 0.4) is 0 Å². The van der Waals surface area contributed by atoms with Gasteiger partial charge in [0.2, 0.25) is 0 Å². The van der Waals surface area contributed by atoms with Crippen LogP contribution in [0.2, 0.25) is 0 Å². The number of nitrogens with one attached hydrogen (secondary N) is 2. The predicted octanol–water partition coefficient (Wildman–Crippen LogP) is 1.76. The summed E-state index contributed by atoms with van der Waals surface area (Å²) in [6, 6.07) is 12.5. The Morgan fingerprint density at radius 1 is 1.28 bits per heavy atom. The van der Waals surface area contributed by atoms with Gasteiger partial charge in [0, 0.05) is 34.1 Å². The molecule has 0 radical (unpaired) electrons. The van der Waals surface area contributed by atoms with Gasteiger partial charge in [-0.1, -0.05) is 19.9 Å². The molecule has 164 valence electrons. The quantitative estimate of drug-likeness (QED) is 0.468. The van der Waals surface area contributed by atoms with Gasteiger partial charge in [-0.25, -0.2) is 0 Å². The SMILES string of the molecule is CC1(C)c2cc(OCC(=O)NCC(O)CO)ccc2C(=O)c2c1[nH]c1cc(C#N)ccc21. The van der Waals surface area contributed by atoms with E-state index < -0.39 is 24.0 Å². The fraction of sp³-hybridized carbons (Fsp3) is 0.292. The number of rotatable bonds is 6. The van der Waals surface area contributed by atoms with Crippen molar-refractivity contribution in [3.63, 3.8) is 0 Å². The van der Waals surface area contributed by atoms with Crippen LogP contribution < -0.4 is 10.1 Å². The average molecular weight is 433 g/mol. The maximum atomic E-state index is 13.3. The zero-order valence-corrected chi connectivity index (χ0v) is 17.7. The molecule has 4 N–H and O–H groups in total. The minimum absolute atomic E-state index is 0.0684. The van der Waals surface area contributed by atoms with Gasteiger partial charge in [0.05, 0.1) is 29.9 Å². The molecule has 1 unspecified atom stereocenters. The Balaban J connectivity index is 1.63. The molecule has 4 rings (SSSR count). The smallest absolute Gasteiger partial charge is 0.258 e. The standard InChI is InChI=1S/C24H23N3O5/c1-24(2)18-8-15(32-12-20(30)26-10-14(29)11-28)4-6-16(18)22(31)21-17-5-3-13(9-25)7-19(17)27-23(21)24/h3-8,14,27-29H,10-12H2,1-2H3,(H,26,30). The molecule has 1 aromatic heterocycles. The fourth-order valence-electron chi connectivity index (χ4n) is 4.07.